The number of hydrogen-bond acceptors (Lipinski definition) is 4. The lowest BCUT2D eigenvalue weighted by Crippen LogP contribution is -2.25. The molecule has 5 heteroatoms. The van der Waals surface area contributed by atoms with E-state index in [1.165, 1.54) is 0 Å². The van der Waals surface area contributed by atoms with Gasteiger partial charge in [-0.05, 0) is 30.7 Å². The molecule has 5 nitrogen and oxygen atoms in total. The summed E-state index contributed by atoms with van der Waals surface area (Å²) in [6, 6.07) is 19.7. The fourth-order valence-electron chi connectivity index (χ4n) is 3.07. The van der Waals surface area contributed by atoms with Crippen LogP contribution in [0.3, 0.4) is 0 Å². The number of amides is 1. The van der Waals surface area contributed by atoms with Crippen LogP contribution in [0.15, 0.2) is 66.7 Å². The van der Waals surface area contributed by atoms with Gasteiger partial charge in [0.2, 0.25) is 6.79 Å². The van der Waals surface area contributed by atoms with Crippen LogP contribution >= 0.6 is 0 Å². The van der Waals surface area contributed by atoms with Crippen molar-refractivity contribution >= 4 is 11.7 Å². The molecule has 0 saturated carbocycles. The van der Waals surface area contributed by atoms with Gasteiger partial charge in [0.25, 0.3) is 5.91 Å². The summed E-state index contributed by atoms with van der Waals surface area (Å²) in [5.41, 5.74) is 3.26. The molecule has 3 aromatic carbocycles. The lowest BCUT2D eigenvalue weighted by molar-refractivity contribution is 0.0939. The van der Waals surface area contributed by atoms with Crippen molar-refractivity contribution in [3.63, 3.8) is 0 Å². The number of fused-ring (bicyclic) bond motifs is 1. The molecule has 140 valence electrons. The minimum Gasteiger partial charge on any atom is -0.454 e. The minimum atomic E-state index is -0.297. The van der Waals surface area contributed by atoms with Crippen LogP contribution in [-0.4, -0.2) is 18.5 Å². The highest BCUT2D eigenvalue weighted by Gasteiger charge is 2.18. The van der Waals surface area contributed by atoms with Gasteiger partial charge in [-0.3, -0.25) is 9.59 Å². The highest BCUT2D eigenvalue weighted by Crippen LogP contribution is 2.32. The summed E-state index contributed by atoms with van der Waals surface area (Å²) in [5, 5.41) is 2.87. The molecule has 4 rings (SSSR count). The lowest BCUT2D eigenvalue weighted by atomic mass is 9.97. The molecule has 0 fully saturated rings. The van der Waals surface area contributed by atoms with Gasteiger partial charge in [-0.2, -0.15) is 0 Å². The largest absolute Gasteiger partial charge is 0.454 e. The van der Waals surface area contributed by atoms with Gasteiger partial charge in [0, 0.05) is 17.7 Å². The number of carbonyl (C=O) groups excluding carboxylic acids is 2. The van der Waals surface area contributed by atoms with E-state index < -0.39 is 0 Å². The molecule has 0 saturated heterocycles. The van der Waals surface area contributed by atoms with Crippen molar-refractivity contribution in [1.29, 1.82) is 0 Å². The molecule has 0 aromatic heterocycles. The monoisotopic (exact) mass is 373 g/mol. The van der Waals surface area contributed by atoms with Gasteiger partial charge >= 0.3 is 0 Å². The fraction of sp³-hybridized carbons (Fsp3) is 0.130. The van der Waals surface area contributed by atoms with Crippen LogP contribution in [0.4, 0.5) is 0 Å². The Morgan fingerprint density at radius 3 is 2.39 bits per heavy atom. The normalized spacial score (nSPS) is 11.9. The molecular formula is C23H19NO4. The Morgan fingerprint density at radius 2 is 1.61 bits per heavy atom. The van der Waals surface area contributed by atoms with Crippen LogP contribution in [0, 0.1) is 6.92 Å². The van der Waals surface area contributed by atoms with Crippen LogP contribution in [-0.2, 0) is 6.54 Å². The van der Waals surface area contributed by atoms with Gasteiger partial charge in [0.05, 0.1) is 5.56 Å². The zero-order valence-electron chi connectivity index (χ0n) is 15.4. The average molecular weight is 373 g/mol. The van der Waals surface area contributed by atoms with E-state index in [0.717, 1.165) is 11.1 Å². The molecule has 3 aromatic rings. The van der Waals surface area contributed by atoms with Crippen LogP contribution in [0.2, 0.25) is 0 Å². The first kappa shape index (κ1) is 17.8. The quantitative estimate of drug-likeness (QED) is 0.689. The molecular weight excluding hydrogens is 354 g/mol. The summed E-state index contributed by atoms with van der Waals surface area (Å²) in [4.78, 5) is 25.6. The van der Waals surface area contributed by atoms with E-state index in [9.17, 15) is 9.59 Å². The van der Waals surface area contributed by atoms with Crippen molar-refractivity contribution < 1.29 is 19.1 Å². The van der Waals surface area contributed by atoms with E-state index in [1.54, 1.807) is 36.4 Å². The summed E-state index contributed by atoms with van der Waals surface area (Å²) in [6.07, 6.45) is 0. The number of nitrogens with one attached hydrogen (secondary N) is 1. The Labute approximate surface area is 162 Å². The molecule has 0 unspecified atom stereocenters. The Balaban J connectivity index is 1.52. The first-order valence-electron chi connectivity index (χ1n) is 8.99. The molecule has 0 radical (unpaired) electrons. The highest BCUT2D eigenvalue weighted by molar-refractivity contribution is 6.15. The van der Waals surface area contributed by atoms with Crippen LogP contribution in [0.25, 0.3) is 0 Å². The Morgan fingerprint density at radius 1 is 0.893 bits per heavy atom. The lowest BCUT2D eigenvalue weighted by Gasteiger charge is -2.10. The molecule has 0 atom stereocenters. The van der Waals surface area contributed by atoms with Gasteiger partial charge in [-0.1, -0.05) is 54.1 Å². The predicted molar refractivity (Wildman–Crippen MR) is 105 cm³/mol. The van der Waals surface area contributed by atoms with Crippen molar-refractivity contribution in [1.82, 2.24) is 5.32 Å². The third kappa shape index (κ3) is 3.60. The van der Waals surface area contributed by atoms with Crippen LogP contribution in [0.1, 0.15) is 37.4 Å². The molecule has 1 aliphatic heterocycles. The zero-order chi connectivity index (χ0) is 19.5. The van der Waals surface area contributed by atoms with E-state index in [4.69, 9.17) is 9.47 Å². The summed E-state index contributed by atoms with van der Waals surface area (Å²) < 4.78 is 10.7. The second kappa shape index (κ2) is 7.56. The predicted octanol–water partition coefficient (Wildman–Crippen LogP) is 3.88. The Bertz CT molecular complexity index is 1040. The van der Waals surface area contributed by atoms with Gasteiger partial charge in [0.15, 0.2) is 17.3 Å². The van der Waals surface area contributed by atoms with E-state index in [-0.39, 0.29) is 18.5 Å². The van der Waals surface area contributed by atoms with E-state index in [0.29, 0.717) is 34.7 Å². The number of ether oxygens (including phenoxy) is 2. The number of carbonyl (C=O) groups is 2. The van der Waals surface area contributed by atoms with Gasteiger partial charge in [0.1, 0.15) is 0 Å². The van der Waals surface area contributed by atoms with Crippen molar-refractivity contribution in [2.75, 3.05) is 6.79 Å². The molecule has 0 bridgehead atoms. The number of ketones is 1. The Hall–Kier alpha value is -3.60. The molecule has 28 heavy (non-hydrogen) atoms. The second-order valence-electron chi connectivity index (χ2n) is 6.61. The standard InChI is InChI=1S/C23H19NO4/c1-15-6-9-17(10-7-15)22(25)18-4-2-3-5-19(18)23(26)24-13-16-8-11-20-21(12-16)28-14-27-20/h2-12H,13-14H2,1H3,(H,24,26). The Kier molecular flexibility index (Phi) is 4.81. The van der Waals surface area contributed by atoms with Crippen molar-refractivity contribution in [3.8, 4) is 11.5 Å². The zero-order valence-corrected chi connectivity index (χ0v) is 15.4. The smallest absolute Gasteiger partial charge is 0.252 e. The molecule has 0 spiro atoms. The van der Waals surface area contributed by atoms with E-state index >= 15 is 0 Å². The third-order valence-electron chi connectivity index (χ3n) is 4.62. The number of benzene rings is 3. The van der Waals surface area contributed by atoms with Crippen molar-refractivity contribution in [2.45, 2.75) is 13.5 Å². The molecule has 1 aliphatic rings. The van der Waals surface area contributed by atoms with E-state index in [1.807, 2.05) is 37.3 Å². The topological polar surface area (TPSA) is 64.6 Å². The summed E-state index contributed by atoms with van der Waals surface area (Å²) in [5.74, 6) is 0.897. The summed E-state index contributed by atoms with van der Waals surface area (Å²) in [6.45, 7) is 2.49. The molecule has 1 amide bonds. The number of hydrogen-bond donors (Lipinski definition) is 1. The van der Waals surface area contributed by atoms with Gasteiger partial charge in [-0.15, -0.1) is 0 Å². The summed E-state index contributed by atoms with van der Waals surface area (Å²) in [7, 11) is 0. The third-order valence-corrected chi connectivity index (χ3v) is 4.62. The second-order valence-corrected chi connectivity index (χ2v) is 6.61. The molecule has 1 heterocycles. The maximum Gasteiger partial charge on any atom is 0.252 e. The number of rotatable bonds is 5. The van der Waals surface area contributed by atoms with E-state index in [2.05, 4.69) is 5.32 Å². The average Bonchev–Trinajstić information content (AvgIpc) is 3.20. The molecule has 1 N–H and O–H groups in total. The van der Waals surface area contributed by atoms with Crippen molar-refractivity contribution in [2.24, 2.45) is 0 Å². The summed E-state index contributed by atoms with van der Waals surface area (Å²) >= 11 is 0. The minimum absolute atomic E-state index is 0.172. The first-order chi connectivity index (χ1) is 13.6. The van der Waals surface area contributed by atoms with Crippen molar-refractivity contribution in [3.05, 3.63) is 94.5 Å². The maximum atomic E-state index is 12.9. The highest BCUT2D eigenvalue weighted by atomic mass is 16.7. The number of aryl methyl sites for hydroxylation is 1. The SMILES string of the molecule is Cc1ccc(C(=O)c2ccccc2C(=O)NCc2ccc3c(c2)OCO3)cc1. The molecule has 0 aliphatic carbocycles. The first-order valence-corrected chi connectivity index (χ1v) is 8.99. The van der Waals surface area contributed by atoms with Crippen LogP contribution in [0.5, 0.6) is 11.5 Å². The maximum absolute atomic E-state index is 12.9. The van der Waals surface area contributed by atoms with Gasteiger partial charge in [-0.25, -0.2) is 0 Å². The van der Waals surface area contributed by atoms with Gasteiger partial charge < -0.3 is 14.8 Å². The van der Waals surface area contributed by atoms with Crippen LogP contribution < -0.4 is 14.8 Å². The fourth-order valence-corrected chi connectivity index (χ4v) is 3.07.